The summed E-state index contributed by atoms with van der Waals surface area (Å²) in [5.74, 6) is -4.61. The molecule has 12 heteroatoms. The third-order valence-electron chi connectivity index (χ3n) is 4.16. The maximum atomic E-state index is 12.3. The van der Waals surface area contributed by atoms with Gasteiger partial charge in [0.15, 0.2) is 18.5 Å². The second kappa shape index (κ2) is 16.0. The Morgan fingerprint density at radius 1 is 1.03 bits per heavy atom. The van der Waals surface area contributed by atoms with E-state index in [0.717, 1.165) is 0 Å². The lowest BCUT2D eigenvalue weighted by molar-refractivity contribution is -0.178. The summed E-state index contributed by atoms with van der Waals surface area (Å²) in [6, 6.07) is 0. The number of esters is 4. The van der Waals surface area contributed by atoms with Crippen molar-refractivity contribution in [3.8, 4) is 0 Å². The molecule has 0 aromatic carbocycles. The van der Waals surface area contributed by atoms with E-state index in [0.29, 0.717) is 6.29 Å². The molecule has 2 atom stereocenters. The first-order valence-corrected chi connectivity index (χ1v) is 11.2. The molecule has 0 aliphatic heterocycles. The maximum absolute atomic E-state index is 12.3. The number of allylic oxidation sites excluding steroid dienone is 1. The van der Waals surface area contributed by atoms with E-state index in [1.54, 1.807) is 13.2 Å². The molecule has 0 aromatic rings. The van der Waals surface area contributed by atoms with Crippen molar-refractivity contribution in [1.29, 1.82) is 0 Å². The minimum Gasteiger partial charge on any atom is -0.452 e. The Bertz CT molecular complexity index is 746. The number of aldehydes is 1. The van der Waals surface area contributed by atoms with Gasteiger partial charge in [0.1, 0.15) is 12.4 Å². The summed E-state index contributed by atoms with van der Waals surface area (Å²) in [6.07, 6.45) is 2.81. The number of rotatable bonds is 16. The van der Waals surface area contributed by atoms with Crippen molar-refractivity contribution in [3.05, 3.63) is 11.6 Å². The fourth-order valence-electron chi connectivity index (χ4n) is 2.43. The molecule has 0 aliphatic rings. The number of methoxy groups -OCH3 is 1. The second-order valence-corrected chi connectivity index (χ2v) is 7.85. The lowest BCUT2D eigenvalue weighted by Crippen LogP contribution is -2.42. The van der Waals surface area contributed by atoms with E-state index >= 15 is 0 Å². The summed E-state index contributed by atoms with van der Waals surface area (Å²) >= 11 is 1.24. The second-order valence-electron chi connectivity index (χ2n) is 6.99. The normalized spacial score (nSPS) is 13.8. The molecule has 0 N–H and O–H groups in total. The lowest BCUT2D eigenvalue weighted by Gasteiger charge is -2.29. The maximum Gasteiger partial charge on any atom is 0.347 e. The molecule has 0 saturated carbocycles. The fourth-order valence-corrected chi connectivity index (χ4v) is 2.85. The zero-order valence-corrected chi connectivity index (χ0v) is 20.2. The summed E-state index contributed by atoms with van der Waals surface area (Å²) in [4.78, 5) is 71.2. The highest BCUT2D eigenvalue weighted by Gasteiger charge is 2.40. The Labute approximate surface area is 196 Å². The van der Waals surface area contributed by atoms with Crippen molar-refractivity contribution in [3.63, 3.8) is 0 Å². The molecule has 0 rings (SSSR count). The Hall–Kier alpha value is -2.73. The first-order valence-electron chi connectivity index (χ1n) is 9.84. The van der Waals surface area contributed by atoms with Gasteiger partial charge in [-0.1, -0.05) is 13.0 Å². The van der Waals surface area contributed by atoms with Gasteiger partial charge in [-0.2, -0.15) is 11.8 Å². The summed E-state index contributed by atoms with van der Waals surface area (Å²) in [7, 11) is 1.28. The molecule has 0 heterocycles. The summed E-state index contributed by atoms with van der Waals surface area (Å²) in [5, 5.41) is 0. The van der Waals surface area contributed by atoms with Crippen molar-refractivity contribution in [2.24, 2.45) is 5.92 Å². The van der Waals surface area contributed by atoms with Gasteiger partial charge in [-0.05, 0) is 20.1 Å². The van der Waals surface area contributed by atoms with Crippen LogP contribution in [0.4, 0.5) is 0 Å². The number of hydrogen-bond acceptors (Lipinski definition) is 12. The average Bonchev–Trinajstić information content (AvgIpc) is 2.77. The lowest BCUT2D eigenvalue weighted by atomic mass is 9.88. The van der Waals surface area contributed by atoms with E-state index in [4.69, 9.17) is 9.47 Å². The predicted molar refractivity (Wildman–Crippen MR) is 116 cm³/mol. The van der Waals surface area contributed by atoms with Crippen LogP contribution in [0, 0.1) is 5.92 Å². The fraction of sp³-hybridized carbons (Fsp3) is 0.619. The van der Waals surface area contributed by atoms with Gasteiger partial charge in [0.25, 0.3) is 0 Å². The SMILES string of the molecule is C/C=C(\C)C(=O)OC(C=O)(CC(=O)CSC)CC(C)C(=O)OCOC(=O)COC(=O)COC. The molecule has 0 bridgehead atoms. The van der Waals surface area contributed by atoms with E-state index in [-0.39, 0.29) is 30.1 Å². The van der Waals surface area contributed by atoms with Crippen molar-refractivity contribution in [2.45, 2.75) is 39.2 Å². The predicted octanol–water partition coefficient (Wildman–Crippen LogP) is 1.02. The van der Waals surface area contributed by atoms with Crippen molar-refractivity contribution in [1.82, 2.24) is 0 Å². The minimum atomic E-state index is -1.86. The van der Waals surface area contributed by atoms with Gasteiger partial charge in [0.05, 0.1) is 18.1 Å². The topological polar surface area (TPSA) is 149 Å². The number of carbonyl (C=O) groups excluding carboxylic acids is 6. The third-order valence-corrected chi connectivity index (χ3v) is 4.77. The van der Waals surface area contributed by atoms with Crippen molar-refractivity contribution in [2.75, 3.05) is 39.1 Å². The standard InChI is InChI=1S/C21H30O11S/c1-6-14(2)20(27)32-21(12-22,8-16(23)11-33-5)7-15(3)19(26)31-13-30-18(25)10-29-17(24)9-28-4/h6,12,15H,7-11,13H2,1-5H3/b14-6+. The molecular weight excluding hydrogens is 460 g/mol. The van der Waals surface area contributed by atoms with Crippen LogP contribution in [0.1, 0.15) is 33.6 Å². The molecule has 0 aliphatic carbocycles. The Kier molecular flexibility index (Phi) is 14.7. The molecule has 0 aromatic heterocycles. The Balaban J connectivity index is 5.02. The average molecular weight is 491 g/mol. The zero-order chi connectivity index (χ0) is 25.4. The first-order chi connectivity index (χ1) is 15.5. The van der Waals surface area contributed by atoms with Crippen LogP contribution in [0.5, 0.6) is 0 Å². The van der Waals surface area contributed by atoms with E-state index in [1.807, 2.05) is 0 Å². The first kappa shape index (κ1) is 30.3. The minimum absolute atomic E-state index is 0.0967. The van der Waals surface area contributed by atoms with E-state index in [2.05, 4.69) is 14.2 Å². The van der Waals surface area contributed by atoms with Gasteiger partial charge in [-0.3, -0.25) is 14.4 Å². The number of Topliss-reactive ketones (excluding diaryl/α,β-unsaturated/α-hetero) is 1. The largest absolute Gasteiger partial charge is 0.452 e. The van der Waals surface area contributed by atoms with Gasteiger partial charge >= 0.3 is 23.9 Å². The molecule has 11 nitrogen and oxygen atoms in total. The molecule has 33 heavy (non-hydrogen) atoms. The van der Waals surface area contributed by atoms with Gasteiger partial charge in [0.2, 0.25) is 6.79 Å². The smallest absolute Gasteiger partial charge is 0.347 e. The summed E-state index contributed by atoms with van der Waals surface area (Å²) in [5.41, 5.74) is -1.63. The monoisotopic (exact) mass is 490 g/mol. The van der Waals surface area contributed by atoms with Gasteiger partial charge in [0, 0.05) is 19.1 Å². The third kappa shape index (κ3) is 12.2. The zero-order valence-electron chi connectivity index (χ0n) is 19.4. The van der Waals surface area contributed by atoms with Gasteiger partial charge in [-0.25, -0.2) is 14.4 Å². The number of ether oxygens (including phenoxy) is 5. The quantitative estimate of drug-likeness (QED) is 0.0999. The molecule has 0 fully saturated rings. The van der Waals surface area contributed by atoms with Gasteiger partial charge in [-0.15, -0.1) is 0 Å². The van der Waals surface area contributed by atoms with E-state index in [1.165, 1.54) is 38.8 Å². The molecule has 186 valence electrons. The Morgan fingerprint density at radius 3 is 2.21 bits per heavy atom. The molecule has 2 unspecified atom stereocenters. The number of hydrogen-bond donors (Lipinski definition) is 0. The van der Waals surface area contributed by atoms with Crippen LogP contribution in [-0.4, -0.2) is 80.7 Å². The highest BCUT2D eigenvalue weighted by Crippen LogP contribution is 2.27. The highest BCUT2D eigenvalue weighted by atomic mass is 32.2. The molecule has 0 saturated heterocycles. The number of ketones is 1. The van der Waals surface area contributed by atoms with E-state index in [9.17, 15) is 28.8 Å². The van der Waals surface area contributed by atoms with Crippen LogP contribution in [0.3, 0.4) is 0 Å². The van der Waals surface area contributed by atoms with Crippen molar-refractivity contribution < 1.29 is 52.5 Å². The number of carbonyl (C=O) groups is 6. The summed E-state index contributed by atoms with van der Waals surface area (Å²) in [6.45, 7) is 2.71. The molecule has 0 spiro atoms. The molecule has 0 amide bonds. The highest BCUT2D eigenvalue weighted by molar-refractivity contribution is 7.99. The molecular formula is C21H30O11S. The van der Waals surface area contributed by atoms with Crippen LogP contribution in [0.25, 0.3) is 0 Å². The van der Waals surface area contributed by atoms with Crippen LogP contribution in [0.15, 0.2) is 11.6 Å². The number of thioether (sulfide) groups is 1. The van der Waals surface area contributed by atoms with Crippen LogP contribution < -0.4 is 0 Å². The van der Waals surface area contributed by atoms with Crippen LogP contribution in [-0.2, 0) is 52.5 Å². The van der Waals surface area contributed by atoms with Crippen LogP contribution >= 0.6 is 11.8 Å². The van der Waals surface area contributed by atoms with Crippen LogP contribution in [0.2, 0.25) is 0 Å². The van der Waals surface area contributed by atoms with Gasteiger partial charge < -0.3 is 23.7 Å². The Morgan fingerprint density at radius 2 is 1.67 bits per heavy atom. The summed E-state index contributed by atoms with van der Waals surface area (Å²) < 4.78 is 23.9. The van der Waals surface area contributed by atoms with E-state index < -0.39 is 55.2 Å². The van der Waals surface area contributed by atoms with Crippen molar-refractivity contribution >= 4 is 47.7 Å². The molecule has 0 radical (unpaired) electrons.